The predicted molar refractivity (Wildman–Crippen MR) is 112 cm³/mol. The number of anilines is 1. The Labute approximate surface area is 174 Å². The molecule has 1 atom stereocenters. The second kappa shape index (κ2) is 7.38. The summed E-state index contributed by atoms with van der Waals surface area (Å²) in [5.41, 5.74) is 1.87. The Kier molecular flexibility index (Phi) is 4.55. The zero-order valence-electron chi connectivity index (χ0n) is 15.7. The van der Waals surface area contributed by atoms with Crippen LogP contribution in [0.25, 0.3) is 4.96 Å². The fraction of sp³-hybridized carbons (Fsp3) is 0.136. The van der Waals surface area contributed by atoms with E-state index in [1.165, 1.54) is 23.5 Å². The molecule has 0 bridgehead atoms. The van der Waals surface area contributed by atoms with Crippen LogP contribution >= 0.6 is 11.3 Å². The first-order valence-electron chi connectivity index (χ1n) is 9.35. The van der Waals surface area contributed by atoms with Gasteiger partial charge in [-0.15, -0.1) is 11.3 Å². The Balaban J connectivity index is 1.43. The molecule has 8 heteroatoms. The van der Waals surface area contributed by atoms with E-state index in [4.69, 9.17) is 4.74 Å². The van der Waals surface area contributed by atoms with Gasteiger partial charge in [-0.2, -0.15) is 4.98 Å². The summed E-state index contributed by atoms with van der Waals surface area (Å²) in [6, 6.07) is 13.5. The molecule has 1 amide bonds. The molecule has 0 saturated carbocycles. The summed E-state index contributed by atoms with van der Waals surface area (Å²) >= 11 is 1.34. The second-order valence-corrected chi connectivity index (χ2v) is 7.90. The molecule has 0 radical (unpaired) electrons. The van der Waals surface area contributed by atoms with Gasteiger partial charge in [0, 0.05) is 23.9 Å². The molecule has 1 unspecified atom stereocenters. The normalized spacial score (nSPS) is 15.6. The van der Waals surface area contributed by atoms with Crippen molar-refractivity contribution in [2.45, 2.75) is 18.9 Å². The number of nitrogens with zero attached hydrogens (tertiary/aromatic N) is 2. The molecule has 2 aromatic heterocycles. The smallest absolute Gasteiger partial charge is 0.279 e. The van der Waals surface area contributed by atoms with Gasteiger partial charge >= 0.3 is 0 Å². The van der Waals surface area contributed by atoms with Gasteiger partial charge in [-0.05, 0) is 35.4 Å². The van der Waals surface area contributed by atoms with Gasteiger partial charge in [0.25, 0.3) is 5.56 Å². The highest BCUT2D eigenvalue weighted by atomic mass is 32.1. The molecular weight excluding hydrogens is 405 g/mol. The Morgan fingerprint density at radius 2 is 1.90 bits per heavy atom. The minimum Gasteiger partial charge on any atom is -0.489 e. The lowest BCUT2D eigenvalue weighted by Crippen LogP contribution is -2.31. The number of fused-ring (bicyclic) bond motifs is 3. The van der Waals surface area contributed by atoms with E-state index >= 15 is 0 Å². The molecule has 0 aliphatic carbocycles. The Bertz CT molecular complexity index is 1300. The Morgan fingerprint density at radius 3 is 2.67 bits per heavy atom. The molecule has 1 N–H and O–H groups in total. The summed E-state index contributed by atoms with van der Waals surface area (Å²) in [6.07, 6.45) is 1.97. The summed E-state index contributed by atoms with van der Waals surface area (Å²) < 4.78 is 20.5. The van der Waals surface area contributed by atoms with Crippen LogP contribution in [0.3, 0.4) is 0 Å². The van der Waals surface area contributed by atoms with Gasteiger partial charge in [-0.25, -0.2) is 4.39 Å². The number of rotatable bonds is 4. The maximum absolute atomic E-state index is 13.0. The number of halogens is 1. The Hall–Kier alpha value is -3.52. The first-order valence-corrected chi connectivity index (χ1v) is 10.2. The molecule has 1 aliphatic rings. The molecule has 0 saturated heterocycles. The monoisotopic (exact) mass is 421 g/mol. The number of ether oxygens (including phenoxy) is 1. The number of carbonyl (C=O) groups is 1. The number of carbonyl (C=O) groups excluding carboxylic acids is 1. The summed E-state index contributed by atoms with van der Waals surface area (Å²) in [6.45, 7) is 0.315. The zero-order valence-corrected chi connectivity index (χ0v) is 16.5. The van der Waals surface area contributed by atoms with E-state index in [0.717, 1.165) is 11.1 Å². The number of nitrogens with one attached hydrogen (secondary N) is 1. The van der Waals surface area contributed by atoms with E-state index < -0.39 is 0 Å². The number of hydrogen-bond donors (Lipinski definition) is 1. The average molecular weight is 421 g/mol. The van der Waals surface area contributed by atoms with Crippen LogP contribution < -0.4 is 15.6 Å². The molecule has 150 valence electrons. The summed E-state index contributed by atoms with van der Waals surface area (Å²) in [5.74, 6) is 0.326. The van der Waals surface area contributed by atoms with Crippen molar-refractivity contribution in [1.29, 1.82) is 0 Å². The van der Waals surface area contributed by atoms with E-state index in [9.17, 15) is 14.0 Å². The lowest BCUT2D eigenvalue weighted by molar-refractivity contribution is -0.116. The van der Waals surface area contributed by atoms with Crippen molar-refractivity contribution < 1.29 is 13.9 Å². The summed E-state index contributed by atoms with van der Waals surface area (Å²) in [7, 11) is 0. The van der Waals surface area contributed by atoms with Gasteiger partial charge < -0.3 is 10.1 Å². The van der Waals surface area contributed by atoms with Crippen LogP contribution in [-0.4, -0.2) is 15.3 Å². The number of benzene rings is 2. The van der Waals surface area contributed by atoms with Crippen molar-refractivity contribution in [3.63, 3.8) is 0 Å². The highest BCUT2D eigenvalue weighted by Crippen LogP contribution is 2.36. The number of aromatic nitrogens is 2. The Morgan fingerprint density at radius 1 is 1.13 bits per heavy atom. The first kappa shape index (κ1) is 18.5. The minimum atomic E-state index is -0.378. The molecule has 5 rings (SSSR count). The van der Waals surface area contributed by atoms with E-state index in [-0.39, 0.29) is 29.6 Å². The summed E-state index contributed by atoms with van der Waals surface area (Å²) in [5, 5.41) is 4.65. The average Bonchev–Trinajstić information content (AvgIpc) is 3.22. The van der Waals surface area contributed by atoms with E-state index in [1.54, 1.807) is 34.9 Å². The summed E-state index contributed by atoms with van der Waals surface area (Å²) in [4.78, 5) is 29.7. The van der Waals surface area contributed by atoms with Crippen molar-refractivity contribution in [3.05, 3.63) is 93.0 Å². The third-order valence-corrected chi connectivity index (χ3v) is 5.87. The SMILES string of the molecule is O=C1CC(c2ccc(OCc3ccc(F)cc3)cc2)c2c(n3ccsc3nc2=O)N1. The van der Waals surface area contributed by atoms with Crippen LogP contribution in [0.4, 0.5) is 10.2 Å². The van der Waals surface area contributed by atoms with Gasteiger partial charge in [-0.1, -0.05) is 24.3 Å². The second-order valence-electron chi connectivity index (χ2n) is 7.02. The maximum Gasteiger partial charge on any atom is 0.279 e. The lowest BCUT2D eigenvalue weighted by atomic mass is 9.87. The van der Waals surface area contributed by atoms with E-state index in [0.29, 0.717) is 28.7 Å². The zero-order chi connectivity index (χ0) is 20.7. The van der Waals surface area contributed by atoms with Gasteiger partial charge in [0.05, 0.1) is 5.56 Å². The third-order valence-electron chi connectivity index (χ3n) is 5.11. The lowest BCUT2D eigenvalue weighted by Gasteiger charge is -2.25. The number of thiazole rings is 1. The van der Waals surface area contributed by atoms with Crippen LogP contribution in [0.2, 0.25) is 0 Å². The van der Waals surface area contributed by atoms with Gasteiger partial charge in [-0.3, -0.25) is 14.0 Å². The standard InChI is InChI=1S/C22H16FN3O3S/c23-15-5-1-13(2-6-15)12-29-16-7-3-14(4-8-16)17-11-18(27)24-20-19(17)21(28)25-22-26(20)9-10-30-22/h1-10,17H,11-12H2,(H,24,27). The molecule has 0 spiro atoms. The quantitative estimate of drug-likeness (QED) is 0.542. The van der Waals surface area contributed by atoms with Crippen LogP contribution in [-0.2, 0) is 11.4 Å². The molecular formula is C22H16FN3O3S. The first-order chi connectivity index (χ1) is 14.6. The molecule has 3 heterocycles. The van der Waals surface area contributed by atoms with Crippen LogP contribution in [0.5, 0.6) is 5.75 Å². The molecule has 1 aliphatic heterocycles. The third kappa shape index (κ3) is 3.35. The van der Waals surface area contributed by atoms with Gasteiger partial charge in [0.15, 0.2) is 4.96 Å². The number of amides is 1. The fourth-order valence-electron chi connectivity index (χ4n) is 3.64. The van der Waals surface area contributed by atoms with Gasteiger partial charge in [0.1, 0.15) is 24.0 Å². The maximum atomic E-state index is 13.0. The predicted octanol–water partition coefficient (Wildman–Crippen LogP) is 3.95. The molecule has 0 fully saturated rings. The topological polar surface area (TPSA) is 72.7 Å². The van der Waals surface area contributed by atoms with E-state index in [1.807, 2.05) is 17.5 Å². The molecule has 4 aromatic rings. The van der Waals surface area contributed by atoms with Crippen LogP contribution in [0, 0.1) is 5.82 Å². The minimum absolute atomic E-state index is 0.144. The van der Waals surface area contributed by atoms with Crippen LogP contribution in [0.15, 0.2) is 64.9 Å². The highest BCUT2D eigenvalue weighted by molar-refractivity contribution is 7.15. The van der Waals surface area contributed by atoms with Crippen molar-refractivity contribution in [2.75, 3.05) is 5.32 Å². The van der Waals surface area contributed by atoms with Crippen LogP contribution in [0.1, 0.15) is 29.0 Å². The van der Waals surface area contributed by atoms with Crippen molar-refractivity contribution in [2.24, 2.45) is 0 Å². The van der Waals surface area contributed by atoms with E-state index in [2.05, 4.69) is 10.3 Å². The van der Waals surface area contributed by atoms with Gasteiger partial charge in [0.2, 0.25) is 5.91 Å². The molecule has 30 heavy (non-hydrogen) atoms. The molecule has 6 nitrogen and oxygen atoms in total. The highest BCUT2D eigenvalue weighted by Gasteiger charge is 2.31. The molecule has 2 aromatic carbocycles. The van der Waals surface area contributed by atoms with Crippen molar-refractivity contribution in [1.82, 2.24) is 9.38 Å². The number of hydrogen-bond acceptors (Lipinski definition) is 5. The largest absolute Gasteiger partial charge is 0.489 e. The van der Waals surface area contributed by atoms with Crippen molar-refractivity contribution in [3.8, 4) is 5.75 Å². The van der Waals surface area contributed by atoms with Crippen molar-refractivity contribution >= 4 is 28.0 Å². The fourth-order valence-corrected chi connectivity index (χ4v) is 4.35.